The number of ether oxygens (including phenoxy) is 1. The van der Waals surface area contributed by atoms with Gasteiger partial charge in [-0.2, -0.15) is 0 Å². The maximum absolute atomic E-state index is 5.79. The van der Waals surface area contributed by atoms with Gasteiger partial charge in [0.15, 0.2) is 0 Å². The van der Waals surface area contributed by atoms with E-state index in [4.69, 9.17) is 16.3 Å². The van der Waals surface area contributed by atoms with E-state index in [0.29, 0.717) is 5.88 Å². The van der Waals surface area contributed by atoms with Gasteiger partial charge in [0.25, 0.3) is 0 Å². The van der Waals surface area contributed by atoms with E-state index in [1.165, 1.54) is 38.9 Å². The zero-order valence-corrected chi connectivity index (χ0v) is 11.2. The highest BCUT2D eigenvalue weighted by Gasteiger charge is 2.11. The highest BCUT2D eigenvalue weighted by atomic mass is 35.5. The predicted molar refractivity (Wildman–Crippen MR) is 69.3 cm³/mol. The van der Waals surface area contributed by atoms with Crippen LogP contribution < -0.4 is 0 Å². The van der Waals surface area contributed by atoms with Gasteiger partial charge in [-0.1, -0.05) is 0 Å². The van der Waals surface area contributed by atoms with E-state index in [2.05, 4.69) is 9.80 Å². The van der Waals surface area contributed by atoms with Crippen molar-refractivity contribution in [2.24, 2.45) is 0 Å². The molecule has 0 radical (unpaired) electrons. The average Bonchev–Trinajstić information content (AvgIpc) is 2.79. The first-order valence-corrected chi connectivity index (χ1v) is 6.90. The minimum Gasteiger partial charge on any atom is -0.383 e. The summed E-state index contributed by atoms with van der Waals surface area (Å²) in [4.78, 5) is 4.96. The average molecular weight is 249 g/mol. The Kier molecular flexibility index (Phi) is 8.21. The molecule has 1 aliphatic heterocycles. The number of methoxy groups -OCH3 is 1. The van der Waals surface area contributed by atoms with Crippen molar-refractivity contribution in [3.05, 3.63) is 0 Å². The van der Waals surface area contributed by atoms with Crippen molar-refractivity contribution < 1.29 is 4.74 Å². The number of likely N-dealkylation sites (tertiary alicyclic amines) is 1. The van der Waals surface area contributed by atoms with Gasteiger partial charge in [0.2, 0.25) is 0 Å². The van der Waals surface area contributed by atoms with Gasteiger partial charge in [-0.3, -0.25) is 4.90 Å². The molecule has 0 spiro atoms. The van der Waals surface area contributed by atoms with Crippen LogP contribution in [0.5, 0.6) is 0 Å². The van der Waals surface area contributed by atoms with Gasteiger partial charge in [-0.15, -0.1) is 11.6 Å². The summed E-state index contributed by atoms with van der Waals surface area (Å²) < 4.78 is 5.10. The molecule has 0 aliphatic carbocycles. The van der Waals surface area contributed by atoms with Gasteiger partial charge in [-0.25, -0.2) is 0 Å². The van der Waals surface area contributed by atoms with Gasteiger partial charge in [-0.05, 0) is 45.4 Å². The third-order valence-corrected chi connectivity index (χ3v) is 3.33. The van der Waals surface area contributed by atoms with E-state index in [1.807, 2.05) is 0 Å². The zero-order chi connectivity index (χ0) is 11.6. The van der Waals surface area contributed by atoms with E-state index < -0.39 is 0 Å². The molecule has 0 saturated carbocycles. The number of alkyl halides is 1. The van der Waals surface area contributed by atoms with Crippen molar-refractivity contribution >= 4 is 11.6 Å². The van der Waals surface area contributed by atoms with Crippen LogP contribution in [0.25, 0.3) is 0 Å². The fourth-order valence-corrected chi connectivity index (χ4v) is 2.44. The molecule has 1 heterocycles. The number of nitrogens with zero attached hydrogens (tertiary/aromatic N) is 2. The van der Waals surface area contributed by atoms with E-state index in [9.17, 15) is 0 Å². The van der Waals surface area contributed by atoms with Crippen LogP contribution in [0.3, 0.4) is 0 Å². The van der Waals surface area contributed by atoms with E-state index in [0.717, 1.165) is 26.2 Å². The largest absolute Gasteiger partial charge is 0.383 e. The molecule has 96 valence electrons. The molecule has 3 nitrogen and oxygen atoms in total. The molecule has 4 heteroatoms. The number of rotatable bonds is 9. The third kappa shape index (κ3) is 6.04. The van der Waals surface area contributed by atoms with Crippen LogP contribution in [0.1, 0.15) is 19.3 Å². The summed E-state index contributed by atoms with van der Waals surface area (Å²) in [6, 6.07) is 0. The third-order valence-electron chi connectivity index (χ3n) is 3.16. The van der Waals surface area contributed by atoms with Crippen LogP contribution in [0.4, 0.5) is 0 Å². The molecule has 1 fully saturated rings. The van der Waals surface area contributed by atoms with Crippen molar-refractivity contribution in [2.75, 3.05) is 58.9 Å². The fourth-order valence-electron chi connectivity index (χ4n) is 2.20. The minimum absolute atomic E-state index is 0.716. The molecule has 0 aromatic rings. The maximum atomic E-state index is 5.79. The summed E-state index contributed by atoms with van der Waals surface area (Å²) in [5.41, 5.74) is 0. The lowest BCUT2D eigenvalue weighted by Crippen LogP contribution is -2.32. The Balaban J connectivity index is 2.05. The molecule has 0 atom stereocenters. The molecular weight excluding hydrogens is 224 g/mol. The first kappa shape index (κ1) is 14.2. The SMILES string of the molecule is COCCN(CCCl)CCCN1CCCC1. The lowest BCUT2D eigenvalue weighted by Gasteiger charge is -2.22. The van der Waals surface area contributed by atoms with Gasteiger partial charge in [0.05, 0.1) is 6.61 Å². The fraction of sp³-hybridized carbons (Fsp3) is 1.00. The Morgan fingerprint density at radius 1 is 1.19 bits per heavy atom. The molecular formula is C12H25ClN2O. The lowest BCUT2D eigenvalue weighted by molar-refractivity contribution is 0.148. The molecule has 0 aromatic heterocycles. The highest BCUT2D eigenvalue weighted by Crippen LogP contribution is 2.07. The standard InChI is InChI=1S/C12H25ClN2O/c1-16-12-11-15(10-5-13)9-4-8-14-6-2-3-7-14/h2-12H2,1H3. The van der Waals surface area contributed by atoms with Crippen molar-refractivity contribution in [3.63, 3.8) is 0 Å². The van der Waals surface area contributed by atoms with Crippen molar-refractivity contribution in [2.45, 2.75) is 19.3 Å². The van der Waals surface area contributed by atoms with Crippen LogP contribution >= 0.6 is 11.6 Å². The van der Waals surface area contributed by atoms with E-state index in [-0.39, 0.29) is 0 Å². The van der Waals surface area contributed by atoms with Gasteiger partial charge < -0.3 is 9.64 Å². The van der Waals surface area contributed by atoms with Gasteiger partial charge in [0.1, 0.15) is 0 Å². The molecule has 16 heavy (non-hydrogen) atoms. The number of hydrogen-bond donors (Lipinski definition) is 0. The van der Waals surface area contributed by atoms with Crippen LogP contribution in [0, 0.1) is 0 Å². The summed E-state index contributed by atoms with van der Waals surface area (Å²) in [5.74, 6) is 0.716. The quantitative estimate of drug-likeness (QED) is 0.578. The summed E-state index contributed by atoms with van der Waals surface area (Å²) in [6.07, 6.45) is 4.02. The molecule has 1 aliphatic rings. The maximum Gasteiger partial charge on any atom is 0.0589 e. The van der Waals surface area contributed by atoms with E-state index in [1.54, 1.807) is 7.11 Å². The first-order chi connectivity index (χ1) is 7.86. The van der Waals surface area contributed by atoms with Crippen LogP contribution in [-0.4, -0.2) is 68.7 Å². The second-order valence-electron chi connectivity index (χ2n) is 4.43. The van der Waals surface area contributed by atoms with Gasteiger partial charge in [0, 0.05) is 26.1 Å². The summed E-state index contributed by atoms with van der Waals surface area (Å²) >= 11 is 5.79. The molecule has 0 unspecified atom stereocenters. The Bertz CT molecular complexity index is 163. The summed E-state index contributed by atoms with van der Waals surface area (Å²) in [7, 11) is 1.75. The Morgan fingerprint density at radius 2 is 1.94 bits per heavy atom. The van der Waals surface area contributed by atoms with E-state index >= 15 is 0 Å². The van der Waals surface area contributed by atoms with Crippen LogP contribution in [-0.2, 0) is 4.74 Å². The Labute approximate surface area is 105 Å². The lowest BCUT2D eigenvalue weighted by atomic mass is 10.3. The van der Waals surface area contributed by atoms with Crippen molar-refractivity contribution in [1.82, 2.24) is 9.80 Å². The minimum atomic E-state index is 0.716. The zero-order valence-electron chi connectivity index (χ0n) is 10.5. The molecule has 0 aromatic carbocycles. The normalized spacial score (nSPS) is 17.4. The van der Waals surface area contributed by atoms with Gasteiger partial charge >= 0.3 is 0 Å². The molecule has 1 saturated heterocycles. The summed E-state index contributed by atoms with van der Waals surface area (Å²) in [6.45, 7) is 7.77. The molecule has 1 rings (SSSR count). The molecule has 0 amide bonds. The number of halogens is 1. The van der Waals surface area contributed by atoms with Crippen LogP contribution in [0.15, 0.2) is 0 Å². The van der Waals surface area contributed by atoms with Crippen LogP contribution in [0.2, 0.25) is 0 Å². The Morgan fingerprint density at radius 3 is 2.56 bits per heavy atom. The monoisotopic (exact) mass is 248 g/mol. The molecule has 0 bridgehead atoms. The number of hydrogen-bond acceptors (Lipinski definition) is 3. The second-order valence-corrected chi connectivity index (χ2v) is 4.80. The predicted octanol–water partition coefficient (Wildman–Crippen LogP) is 1.66. The molecule has 0 N–H and O–H groups in total. The topological polar surface area (TPSA) is 15.7 Å². The summed E-state index contributed by atoms with van der Waals surface area (Å²) in [5, 5.41) is 0. The van der Waals surface area contributed by atoms with Crippen molar-refractivity contribution in [3.8, 4) is 0 Å². The van der Waals surface area contributed by atoms with Crippen molar-refractivity contribution in [1.29, 1.82) is 0 Å². The first-order valence-electron chi connectivity index (χ1n) is 6.36. The smallest absolute Gasteiger partial charge is 0.0589 e. The Hall–Kier alpha value is 0.170. The highest BCUT2D eigenvalue weighted by molar-refractivity contribution is 6.18. The second kappa shape index (κ2) is 9.23.